The molecule has 0 bridgehead atoms. The minimum absolute atomic E-state index is 0.0371. The van der Waals surface area contributed by atoms with E-state index in [1.807, 2.05) is 19.1 Å². The van der Waals surface area contributed by atoms with Crippen molar-refractivity contribution in [2.24, 2.45) is 0 Å². The Bertz CT molecular complexity index is 1040. The number of amides is 1. The van der Waals surface area contributed by atoms with Crippen LogP contribution in [-0.2, 0) is 16.0 Å². The summed E-state index contributed by atoms with van der Waals surface area (Å²) in [6, 6.07) is 14.6. The summed E-state index contributed by atoms with van der Waals surface area (Å²) in [6.07, 6.45) is 3.44. The molecule has 0 spiro atoms. The van der Waals surface area contributed by atoms with Crippen LogP contribution >= 0.6 is 0 Å². The summed E-state index contributed by atoms with van der Waals surface area (Å²) >= 11 is 0. The van der Waals surface area contributed by atoms with Gasteiger partial charge in [0.25, 0.3) is 0 Å². The number of nitrogens with one attached hydrogen (secondary N) is 2. The van der Waals surface area contributed by atoms with E-state index < -0.39 is 0 Å². The van der Waals surface area contributed by atoms with Crippen molar-refractivity contribution in [1.29, 1.82) is 0 Å². The van der Waals surface area contributed by atoms with Gasteiger partial charge in [-0.25, -0.2) is 0 Å². The van der Waals surface area contributed by atoms with Crippen molar-refractivity contribution in [2.45, 2.75) is 32.6 Å². The second-order valence-electron chi connectivity index (χ2n) is 8.50. The normalized spacial score (nSPS) is 15.5. The van der Waals surface area contributed by atoms with Gasteiger partial charge in [-0.3, -0.25) is 9.69 Å². The first-order valence-electron chi connectivity index (χ1n) is 12.1. The number of nitrogens with zero attached hydrogens (tertiary/aromatic N) is 1. The van der Waals surface area contributed by atoms with Crippen LogP contribution in [0, 0.1) is 0 Å². The summed E-state index contributed by atoms with van der Waals surface area (Å²) in [4.78, 5) is 18.8. The maximum absolute atomic E-state index is 13.0. The average Bonchev–Trinajstić information content (AvgIpc) is 3.28. The predicted molar refractivity (Wildman–Crippen MR) is 132 cm³/mol. The van der Waals surface area contributed by atoms with Gasteiger partial charge >= 0.3 is 0 Å². The van der Waals surface area contributed by atoms with Crippen LogP contribution in [0.25, 0.3) is 10.9 Å². The van der Waals surface area contributed by atoms with Gasteiger partial charge in [0.05, 0.1) is 19.8 Å². The number of benzene rings is 2. The third-order valence-electron chi connectivity index (χ3n) is 6.43. The zero-order valence-corrected chi connectivity index (χ0v) is 19.7. The molecule has 1 amide bonds. The molecule has 2 aromatic carbocycles. The lowest BCUT2D eigenvalue weighted by Gasteiger charge is -2.26. The second kappa shape index (κ2) is 11.3. The lowest BCUT2D eigenvalue weighted by Crippen LogP contribution is -2.41. The fourth-order valence-electron chi connectivity index (χ4n) is 4.63. The first kappa shape index (κ1) is 23.3. The van der Waals surface area contributed by atoms with Crippen LogP contribution in [0.15, 0.2) is 48.7 Å². The van der Waals surface area contributed by atoms with Crippen LogP contribution < -0.4 is 10.1 Å². The van der Waals surface area contributed by atoms with Crippen molar-refractivity contribution in [2.75, 3.05) is 46.0 Å². The molecule has 2 N–H and O–H groups in total. The number of aryl methyl sites for hydroxylation is 1. The van der Waals surface area contributed by atoms with E-state index in [0.29, 0.717) is 19.6 Å². The number of rotatable bonds is 10. The van der Waals surface area contributed by atoms with Crippen LogP contribution in [0.3, 0.4) is 0 Å². The summed E-state index contributed by atoms with van der Waals surface area (Å²) in [5.41, 5.74) is 4.73. The monoisotopic (exact) mass is 449 g/mol. The average molecular weight is 450 g/mol. The standard InChI is InChI=1S/C27H35N3O3/c1-3-20-6-5-7-23-25(19-29-27(20)23)24(21-8-10-22(11-9-21)33-4-2)18-26(31)28-12-13-30-14-16-32-17-15-30/h5-11,19,24,29H,3-4,12-18H2,1-2H3,(H,28,31). The molecule has 176 valence electrons. The van der Waals surface area contributed by atoms with Gasteiger partial charge in [0.15, 0.2) is 0 Å². The molecule has 1 unspecified atom stereocenters. The summed E-state index contributed by atoms with van der Waals surface area (Å²) in [6.45, 7) is 9.70. The predicted octanol–water partition coefficient (Wildman–Crippen LogP) is 4.10. The number of hydrogen-bond donors (Lipinski definition) is 2. The molecule has 1 atom stereocenters. The molecule has 0 radical (unpaired) electrons. The van der Waals surface area contributed by atoms with Crippen LogP contribution in [0.4, 0.5) is 0 Å². The Morgan fingerprint density at radius 3 is 2.67 bits per heavy atom. The maximum Gasteiger partial charge on any atom is 0.220 e. The third-order valence-corrected chi connectivity index (χ3v) is 6.43. The van der Waals surface area contributed by atoms with Crippen molar-refractivity contribution in [3.05, 3.63) is 65.4 Å². The Hall–Kier alpha value is -2.83. The molecule has 0 aliphatic carbocycles. The quantitative estimate of drug-likeness (QED) is 0.489. The highest BCUT2D eigenvalue weighted by atomic mass is 16.5. The Morgan fingerprint density at radius 2 is 1.94 bits per heavy atom. The Kier molecular flexibility index (Phi) is 8.02. The molecule has 33 heavy (non-hydrogen) atoms. The summed E-state index contributed by atoms with van der Waals surface area (Å²) in [5, 5.41) is 4.33. The van der Waals surface area contributed by atoms with E-state index in [4.69, 9.17) is 9.47 Å². The van der Waals surface area contributed by atoms with E-state index in [2.05, 4.69) is 58.7 Å². The fourth-order valence-corrected chi connectivity index (χ4v) is 4.63. The molecule has 1 saturated heterocycles. The van der Waals surface area contributed by atoms with Crippen LogP contribution in [0.2, 0.25) is 0 Å². The smallest absolute Gasteiger partial charge is 0.220 e. The van der Waals surface area contributed by atoms with E-state index in [1.165, 1.54) is 16.5 Å². The molecule has 1 aliphatic rings. The molecular weight excluding hydrogens is 414 g/mol. The van der Waals surface area contributed by atoms with E-state index >= 15 is 0 Å². The van der Waals surface area contributed by atoms with E-state index in [0.717, 1.165) is 56.1 Å². The zero-order chi connectivity index (χ0) is 23.0. The van der Waals surface area contributed by atoms with Crippen LogP contribution in [0.1, 0.15) is 42.9 Å². The van der Waals surface area contributed by atoms with Gasteiger partial charge in [-0.2, -0.15) is 0 Å². The summed E-state index contributed by atoms with van der Waals surface area (Å²) in [5.74, 6) is 0.884. The van der Waals surface area contributed by atoms with Gasteiger partial charge in [-0.15, -0.1) is 0 Å². The van der Waals surface area contributed by atoms with E-state index in [1.54, 1.807) is 0 Å². The number of morpholine rings is 1. The molecule has 2 heterocycles. The molecule has 6 nitrogen and oxygen atoms in total. The molecular formula is C27H35N3O3. The van der Waals surface area contributed by atoms with Crippen LogP contribution in [-0.4, -0.2) is 61.8 Å². The first-order valence-corrected chi connectivity index (χ1v) is 12.1. The van der Waals surface area contributed by atoms with E-state index in [9.17, 15) is 4.79 Å². The second-order valence-corrected chi connectivity index (χ2v) is 8.50. The number of fused-ring (bicyclic) bond motifs is 1. The third kappa shape index (κ3) is 5.75. The van der Waals surface area contributed by atoms with Crippen LogP contribution in [0.5, 0.6) is 5.75 Å². The number of carbonyl (C=O) groups excluding carboxylic acids is 1. The molecule has 1 aliphatic heterocycles. The molecule has 4 rings (SSSR count). The number of ether oxygens (including phenoxy) is 2. The highest BCUT2D eigenvalue weighted by Crippen LogP contribution is 2.35. The van der Waals surface area contributed by atoms with Gasteiger partial charge < -0.3 is 19.8 Å². The molecule has 0 saturated carbocycles. The Labute approximate surface area is 196 Å². The number of H-pyrrole nitrogens is 1. The first-order chi connectivity index (χ1) is 16.2. The molecule has 6 heteroatoms. The highest BCUT2D eigenvalue weighted by Gasteiger charge is 2.22. The largest absolute Gasteiger partial charge is 0.494 e. The highest BCUT2D eigenvalue weighted by molar-refractivity contribution is 5.88. The summed E-state index contributed by atoms with van der Waals surface area (Å²) in [7, 11) is 0. The maximum atomic E-state index is 13.0. The molecule has 1 aromatic heterocycles. The number of aromatic nitrogens is 1. The van der Waals surface area contributed by atoms with Crippen molar-refractivity contribution in [3.63, 3.8) is 0 Å². The topological polar surface area (TPSA) is 66.6 Å². The van der Waals surface area contributed by atoms with Crippen molar-refractivity contribution >= 4 is 16.8 Å². The van der Waals surface area contributed by atoms with Crippen molar-refractivity contribution < 1.29 is 14.3 Å². The SMILES string of the molecule is CCOc1ccc(C(CC(=O)NCCN2CCOCC2)c2c[nH]c3c(CC)cccc23)cc1. The minimum atomic E-state index is -0.0371. The van der Waals surface area contributed by atoms with Gasteiger partial charge in [0.1, 0.15) is 5.75 Å². The lowest BCUT2D eigenvalue weighted by atomic mass is 9.87. The molecule has 1 fully saturated rings. The fraction of sp³-hybridized carbons (Fsp3) is 0.444. The van der Waals surface area contributed by atoms with Gasteiger partial charge in [-0.05, 0) is 42.2 Å². The number of para-hydroxylation sites is 1. The van der Waals surface area contributed by atoms with Crippen molar-refractivity contribution in [1.82, 2.24) is 15.2 Å². The number of aromatic amines is 1. The lowest BCUT2D eigenvalue weighted by molar-refractivity contribution is -0.121. The number of carbonyl (C=O) groups is 1. The zero-order valence-electron chi connectivity index (χ0n) is 19.7. The van der Waals surface area contributed by atoms with E-state index in [-0.39, 0.29) is 11.8 Å². The molecule has 3 aromatic rings. The van der Waals surface area contributed by atoms with Crippen molar-refractivity contribution in [3.8, 4) is 5.75 Å². The minimum Gasteiger partial charge on any atom is -0.494 e. The summed E-state index contributed by atoms with van der Waals surface area (Å²) < 4.78 is 11.0. The van der Waals surface area contributed by atoms with Gasteiger partial charge in [0.2, 0.25) is 5.91 Å². The number of hydrogen-bond acceptors (Lipinski definition) is 4. The Morgan fingerprint density at radius 1 is 1.15 bits per heavy atom. The van der Waals surface area contributed by atoms with Gasteiger partial charge in [0, 0.05) is 55.6 Å². The van der Waals surface area contributed by atoms with Gasteiger partial charge in [-0.1, -0.05) is 37.3 Å². The Balaban J connectivity index is 1.53.